The predicted octanol–water partition coefficient (Wildman–Crippen LogP) is 1.34. The summed E-state index contributed by atoms with van der Waals surface area (Å²) in [6, 6.07) is 5.38. The SMILES string of the molecule is COc1cccc(Cl)c1CNC(=O)COC1(C)CNC1. The summed E-state index contributed by atoms with van der Waals surface area (Å²) in [6.07, 6.45) is 0. The van der Waals surface area contributed by atoms with Crippen LogP contribution >= 0.6 is 11.6 Å². The molecule has 1 aliphatic rings. The van der Waals surface area contributed by atoms with Gasteiger partial charge < -0.3 is 20.1 Å². The maximum absolute atomic E-state index is 11.8. The Labute approximate surface area is 123 Å². The average Bonchev–Trinajstić information content (AvgIpc) is 2.41. The number of nitrogens with one attached hydrogen (secondary N) is 2. The lowest BCUT2D eigenvalue weighted by molar-refractivity contribution is -0.136. The Morgan fingerprint density at radius 3 is 2.85 bits per heavy atom. The second-order valence-electron chi connectivity index (χ2n) is 5.04. The molecule has 2 rings (SSSR count). The third-order valence-electron chi connectivity index (χ3n) is 3.31. The standard InChI is InChI=1S/C14H19ClN2O3/c1-14(8-16-9-14)20-7-13(18)17-6-10-11(15)4-3-5-12(10)19-2/h3-5,16H,6-9H2,1-2H3,(H,17,18). The van der Waals surface area contributed by atoms with Gasteiger partial charge in [0.25, 0.3) is 0 Å². The molecule has 0 radical (unpaired) electrons. The van der Waals surface area contributed by atoms with Crippen molar-refractivity contribution < 1.29 is 14.3 Å². The molecule has 1 aliphatic heterocycles. The van der Waals surface area contributed by atoms with Gasteiger partial charge in [-0.1, -0.05) is 17.7 Å². The lowest BCUT2D eigenvalue weighted by atomic mass is 10.0. The number of benzene rings is 1. The molecular weight excluding hydrogens is 280 g/mol. The van der Waals surface area contributed by atoms with Crippen molar-refractivity contribution in [3.8, 4) is 5.75 Å². The van der Waals surface area contributed by atoms with Crippen LogP contribution in [0.25, 0.3) is 0 Å². The molecule has 1 amide bonds. The van der Waals surface area contributed by atoms with Crippen molar-refractivity contribution in [3.05, 3.63) is 28.8 Å². The van der Waals surface area contributed by atoms with Crippen LogP contribution in [0.3, 0.4) is 0 Å². The quantitative estimate of drug-likeness (QED) is 0.832. The first kappa shape index (κ1) is 15.1. The van der Waals surface area contributed by atoms with Crippen LogP contribution in [0.5, 0.6) is 5.75 Å². The molecule has 0 bridgehead atoms. The summed E-state index contributed by atoms with van der Waals surface area (Å²) >= 11 is 6.10. The van der Waals surface area contributed by atoms with Crippen molar-refractivity contribution in [3.63, 3.8) is 0 Å². The van der Waals surface area contributed by atoms with Gasteiger partial charge in [0.05, 0.1) is 12.7 Å². The molecule has 1 heterocycles. The van der Waals surface area contributed by atoms with Crippen molar-refractivity contribution in [2.75, 3.05) is 26.8 Å². The van der Waals surface area contributed by atoms with Crippen molar-refractivity contribution in [1.82, 2.24) is 10.6 Å². The Balaban J connectivity index is 1.84. The highest BCUT2D eigenvalue weighted by molar-refractivity contribution is 6.31. The van der Waals surface area contributed by atoms with Gasteiger partial charge in [0.1, 0.15) is 12.4 Å². The van der Waals surface area contributed by atoms with E-state index in [4.69, 9.17) is 21.1 Å². The molecule has 0 aliphatic carbocycles. The number of halogens is 1. The number of ether oxygens (including phenoxy) is 2. The monoisotopic (exact) mass is 298 g/mol. The minimum Gasteiger partial charge on any atom is -0.496 e. The van der Waals surface area contributed by atoms with E-state index in [9.17, 15) is 4.79 Å². The Hall–Kier alpha value is -1.30. The van der Waals surface area contributed by atoms with Crippen molar-refractivity contribution in [2.24, 2.45) is 0 Å². The zero-order chi connectivity index (χ0) is 14.6. The Bertz CT molecular complexity index is 489. The summed E-state index contributed by atoms with van der Waals surface area (Å²) in [5.41, 5.74) is 0.543. The van der Waals surface area contributed by atoms with Crippen LogP contribution in [0.2, 0.25) is 5.02 Å². The van der Waals surface area contributed by atoms with Gasteiger partial charge in [0, 0.05) is 30.2 Å². The summed E-state index contributed by atoms with van der Waals surface area (Å²) in [5.74, 6) is 0.494. The highest BCUT2D eigenvalue weighted by Gasteiger charge is 2.32. The maximum atomic E-state index is 11.8. The van der Waals surface area contributed by atoms with Gasteiger partial charge in [0.2, 0.25) is 5.91 Å². The largest absolute Gasteiger partial charge is 0.496 e. The number of carbonyl (C=O) groups is 1. The van der Waals surface area contributed by atoms with Crippen LogP contribution in [0.15, 0.2) is 18.2 Å². The number of hydrogen-bond acceptors (Lipinski definition) is 4. The van der Waals surface area contributed by atoms with Crippen molar-refractivity contribution in [2.45, 2.75) is 19.1 Å². The summed E-state index contributed by atoms with van der Waals surface area (Å²) < 4.78 is 10.8. The number of carbonyl (C=O) groups excluding carboxylic acids is 1. The molecule has 1 fully saturated rings. The molecule has 1 saturated heterocycles. The molecule has 0 aromatic heterocycles. The molecule has 0 atom stereocenters. The lowest BCUT2D eigenvalue weighted by Crippen LogP contribution is -2.59. The first-order chi connectivity index (χ1) is 9.54. The predicted molar refractivity (Wildman–Crippen MR) is 77.1 cm³/mol. The van der Waals surface area contributed by atoms with E-state index in [1.807, 2.05) is 13.0 Å². The molecule has 1 aromatic rings. The van der Waals surface area contributed by atoms with E-state index in [2.05, 4.69) is 10.6 Å². The highest BCUT2D eigenvalue weighted by atomic mass is 35.5. The van der Waals surface area contributed by atoms with Gasteiger partial charge in [-0.25, -0.2) is 0 Å². The fourth-order valence-corrected chi connectivity index (χ4v) is 2.19. The zero-order valence-electron chi connectivity index (χ0n) is 11.7. The minimum absolute atomic E-state index is 0.0466. The van der Waals surface area contributed by atoms with Crippen LogP contribution in [0, 0.1) is 0 Å². The van der Waals surface area contributed by atoms with Gasteiger partial charge in [-0.3, -0.25) is 4.79 Å². The maximum Gasteiger partial charge on any atom is 0.246 e. The Morgan fingerprint density at radius 1 is 1.50 bits per heavy atom. The van der Waals surface area contributed by atoms with E-state index in [-0.39, 0.29) is 18.1 Å². The summed E-state index contributed by atoms with van der Waals surface area (Å²) in [6.45, 7) is 3.90. The van der Waals surface area contributed by atoms with E-state index in [0.29, 0.717) is 17.3 Å². The number of amides is 1. The first-order valence-electron chi connectivity index (χ1n) is 6.47. The minimum atomic E-state index is -0.223. The van der Waals surface area contributed by atoms with Crippen LogP contribution in [-0.4, -0.2) is 38.3 Å². The van der Waals surface area contributed by atoms with Crippen LogP contribution in [-0.2, 0) is 16.1 Å². The van der Waals surface area contributed by atoms with Crippen molar-refractivity contribution in [1.29, 1.82) is 0 Å². The number of rotatable bonds is 6. The van der Waals surface area contributed by atoms with E-state index in [1.54, 1.807) is 19.2 Å². The van der Waals surface area contributed by atoms with Gasteiger partial charge in [0.15, 0.2) is 0 Å². The fraction of sp³-hybridized carbons (Fsp3) is 0.500. The molecule has 5 nitrogen and oxygen atoms in total. The highest BCUT2D eigenvalue weighted by Crippen LogP contribution is 2.25. The molecule has 1 aromatic carbocycles. The van der Waals surface area contributed by atoms with Crippen molar-refractivity contribution >= 4 is 17.5 Å². The van der Waals surface area contributed by atoms with Gasteiger partial charge in [-0.05, 0) is 19.1 Å². The molecule has 0 saturated carbocycles. The smallest absolute Gasteiger partial charge is 0.246 e. The van der Waals surface area contributed by atoms with Crippen LogP contribution in [0.1, 0.15) is 12.5 Å². The fourth-order valence-electron chi connectivity index (χ4n) is 1.96. The average molecular weight is 299 g/mol. The third-order valence-corrected chi connectivity index (χ3v) is 3.66. The van der Waals surface area contributed by atoms with Gasteiger partial charge in [-0.15, -0.1) is 0 Å². The van der Waals surface area contributed by atoms with E-state index < -0.39 is 0 Å². The normalized spacial score (nSPS) is 16.4. The van der Waals surface area contributed by atoms with Crippen LogP contribution in [0.4, 0.5) is 0 Å². The zero-order valence-corrected chi connectivity index (χ0v) is 12.4. The molecule has 20 heavy (non-hydrogen) atoms. The first-order valence-corrected chi connectivity index (χ1v) is 6.85. The van der Waals surface area contributed by atoms with E-state index in [0.717, 1.165) is 18.7 Å². The van der Waals surface area contributed by atoms with E-state index in [1.165, 1.54) is 0 Å². The summed E-state index contributed by atoms with van der Waals surface area (Å²) in [4.78, 5) is 11.8. The number of methoxy groups -OCH3 is 1. The molecule has 2 N–H and O–H groups in total. The van der Waals surface area contributed by atoms with Crippen LogP contribution < -0.4 is 15.4 Å². The molecule has 0 spiro atoms. The van der Waals surface area contributed by atoms with Gasteiger partial charge in [-0.2, -0.15) is 0 Å². The topological polar surface area (TPSA) is 59.6 Å². The summed E-state index contributed by atoms with van der Waals surface area (Å²) in [7, 11) is 1.57. The van der Waals surface area contributed by atoms with Gasteiger partial charge >= 0.3 is 0 Å². The molecular formula is C14H19ClN2O3. The molecule has 6 heteroatoms. The Morgan fingerprint density at radius 2 is 2.25 bits per heavy atom. The molecule has 0 unspecified atom stereocenters. The second-order valence-corrected chi connectivity index (χ2v) is 5.45. The molecule has 110 valence electrons. The third kappa shape index (κ3) is 3.62. The van der Waals surface area contributed by atoms with E-state index >= 15 is 0 Å². The Kier molecular flexibility index (Phi) is 4.86. The number of hydrogen-bond donors (Lipinski definition) is 2. The lowest BCUT2D eigenvalue weighted by Gasteiger charge is -2.38. The second kappa shape index (κ2) is 6.43. The summed E-state index contributed by atoms with van der Waals surface area (Å²) in [5, 5.41) is 6.47.